The van der Waals surface area contributed by atoms with Crippen molar-refractivity contribution in [1.82, 2.24) is 5.32 Å². The summed E-state index contributed by atoms with van der Waals surface area (Å²) in [6.45, 7) is 6.58. The van der Waals surface area contributed by atoms with Crippen molar-refractivity contribution in [1.29, 1.82) is 0 Å². The Kier molecular flexibility index (Phi) is 5.96. The van der Waals surface area contributed by atoms with Crippen LogP contribution in [0.5, 0.6) is 0 Å². The van der Waals surface area contributed by atoms with Crippen LogP contribution >= 0.6 is 11.6 Å². The smallest absolute Gasteiger partial charge is 0.0584 e. The first-order valence-electron chi connectivity index (χ1n) is 6.15. The van der Waals surface area contributed by atoms with Crippen molar-refractivity contribution in [3.63, 3.8) is 0 Å². The van der Waals surface area contributed by atoms with Crippen LogP contribution < -0.4 is 5.32 Å². The van der Waals surface area contributed by atoms with Gasteiger partial charge in [0.15, 0.2) is 0 Å². The van der Waals surface area contributed by atoms with Gasteiger partial charge in [-0.1, -0.05) is 37.6 Å². The molecule has 0 aliphatic rings. The number of hydrogen-bond donors (Lipinski definition) is 2. The molecule has 0 heterocycles. The molecule has 3 heteroatoms. The van der Waals surface area contributed by atoms with Crippen molar-refractivity contribution in [3.8, 4) is 0 Å². The van der Waals surface area contributed by atoms with E-state index in [0.717, 1.165) is 17.0 Å². The third-order valence-corrected chi connectivity index (χ3v) is 3.05. The zero-order chi connectivity index (χ0) is 12.8. The Hall–Kier alpha value is -0.570. The van der Waals surface area contributed by atoms with E-state index in [-0.39, 0.29) is 18.7 Å². The molecule has 0 saturated heterocycles. The van der Waals surface area contributed by atoms with Crippen LogP contribution in [-0.4, -0.2) is 17.8 Å². The molecule has 0 aliphatic heterocycles. The zero-order valence-corrected chi connectivity index (χ0v) is 11.5. The van der Waals surface area contributed by atoms with Gasteiger partial charge in [0.05, 0.1) is 6.61 Å². The lowest BCUT2D eigenvalue weighted by molar-refractivity contribution is 0.215. The molecule has 1 rings (SSSR count). The second-order valence-electron chi connectivity index (χ2n) is 4.95. The first-order valence-corrected chi connectivity index (χ1v) is 6.53. The summed E-state index contributed by atoms with van der Waals surface area (Å²) < 4.78 is 0. The average Bonchev–Trinajstić information content (AvgIpc) is 2.27. The summed E-state index contributed by atoms with van der Waals surface area (Å²) in [6, 6.07) is 8.17. The van der Waals surface area contributed by atoms with Gasteiger partial charge in [0.1, 0.15) is 0 Å². The molecule has 0 spiro atoms. The summed E-state index contributed by atoms with van der Waals surface area (Å²) in [5.74, 6) is 0.575. The second-order valence-corrected chi connectivity index (χ2v) is 5.39. The van der Waals surface area contributed by atoms with Gasteiger partial charge in [-0.05, 0) is 37.0 Å². The van der Waals surface area contributed by atoms with E-state index in [1.807, 2.05) is 24.3 Å². The fourth-order valence-corrected chi connectivity index (χ4v) is 2.19. The van der Waals surface area contributed by atoms with E-state index in [2.05, 4.69) is 26.1 Å². The Morgan fingerprint density at radius 2 is 2.00 bits per heavy atom. The molecule has 0 aliphatic carbocycles. The van der Waals surface area contributed by atoms with Gasteiger partial charge in [-0.15, -0.1) is 0 Å². The largest absolute Gasteiger partial charge is 0.395 e. The number of benzene rings is 1. The van der Waals surface area contributed by atoms with Gasteiger partial charge < -0.3 is 10.4 Å². The molecule has 0 amide bonds. The van der Waals surface area contributed by atoms with E-state index in [4.69, 9.17) is 11.6 Å². The molecule has 0 saturated carbocycles. The minimum atomic E-state index is 0.143. The molecule has 2 nitrogen and oxygen atoms in total. The van der Waals surface area contributed by atoms with E-state index < -0.39 is 0 Å². The van der Waals surface area contributed by atoms with Crippen LogP contribution in [0.2, 0.25) is 5.02 Å². The van der Waals surface area contributed by atoms with Crippen LogP contribution in [0.15, 0.2) is 24.3 Å². The molecule has 96 valence electrons. The standard InChI is InChI=1S/C14H22ClNO/c1-10(2)7-14(9-17)16-11(3)12-5-4-6-13(15)8-12/h4-6,8,10-11,14,16-17H,7,9H2,1-3H3. The first kappa shape index (κ1) is 14.5. The maximum absolute atomic E-state index is 9.34. The van der Waals surface area contributed by atoms with Crippen molar-refractivity contribution in [2.24, 2.45) is 5.92 Å². The Morgan fingerprint density at radius 3 is 2.53 bits per heavy atom. The second kappa shape index (κ2) is 7.00. The predicted octanol–water partition coefficient (Wildman–Crippen LogP) is 3.40. The minimum Gasteiger partial charge on any atom is -0.395 e. The fourth-order valence-electron chi connectivity index (χ4n) is 1.99. The number of rotatable bonds is 6. The highest BCUT2D eigenvalue weighted by Crippen LogP contribution is 2.18. The average molecular weight is 256 g/mol. The topological polar surface area (TPSA) is 32.3 Å². The summed E-state index contributed by atoms with van der Waals surface area (Å²) in [7, 11) is 0. The Morgan fingerprint density at radius 1 is 1.29 bits per heavy atom. The highest BCUT2D eigenvalue weighted by molar-refractivity contribution is 6.30. The van der Waals surface area contributed by atoms with Crippen LogP contribution in [-0.2, 0) is 0 Å². The number of nitrogens with one attached hydrogen (secondary N) is 1. The van der Waals surface area contributed by atoms with Crippen molar-refractivity contribution < 1.29 is 5.11 Å². The summed E-state index contributed by atoms with van der Waals surface area (Å²) >= 11 is 5.97. The maximum atomic E-state index is 9.34. The molecule has 0 radical (unpaired) electrons. The molecule has 0 aromatic heterocycles. The van der Waals surface area contributed by atoms with E-state index >= 15 is 0 Å². The molecule has 17 heavy (non-hydrogen) atoms. The zero-order valence-electron chi connectivity index (χ0n) is 10.8. The van der Waals surface area contributed by atoms with Crippen LogP contribution in [0.4, 0.5) is 0 Å². The Labute approximate surface area is 109 Å². The maximum Gasteiger partial charge on any atom is 0.0584 e. The lowest BCUT2D eigenvalue weighted by Gasteiger charge is -2.23. The molecule has 0 bridgehead atoms. The fraction of sp³-hybridized carbons (Fsp3) is 0.571. The van der Waals surface area contributed by atoms with Gasteiger partial charge in [-0.25, -0.2) is 0 Å². The molecule has 2 atom stereocenters. The van der Waals surface area contributed by atoms with Crippen molar-refractivity contribution in [3.05, 3.63) is 34.9 Å². The number of halogens is 1. The Bertz CT molecular complexity index is 341. The van der Waals surface area contributed by atoms with Gasteiger partial charge in [-0.3, -0.25) is 0 Å². The van der Waals surface area contributed by atoms with Gasteiger partial charge in [0.2, 0.25) is 0 Å². The molecular weight excluding hydrogens is 234 g/mol. The molecule has 1 aromatic carbocycles. The number of aliphatic hydroxyl groups is 1. The summed E-state index contributed by atoms with van der Waals surface area (Å²) in [6.07, 6.45) is 0.974. The third-order valence-electron chi connectivity index (χ3n) is 2.81. The summed E-state index contributed by atoms with van der Waals surface area (Å²) in [4.78, 5) is 0. The van der Waals surface area contributed by atoms with Gasteiger partial charge in [0.25, 0.3) is 0 Å². The number of hydrogen-bond acceptors (Lipinski definition) is 2. The molecule has 0 fully saturated rings. The molecule has 2 N–H and O–H groups in total. The van der Waals surface area contributed by atoms with E-state index in [1.54, 1.807) is 0 Å². The summed E-state index contributed by atoms with van der Waals surface area (Å²) in [5.41, 5.74) is 1.15. The number of aliphatic hydroxyl groups excluding tert-OH is 1. The van der Waals surface area contributed by atoms with Gasteiger partial charge >= 0.3 is 0 Å². The predicted molar refractivity (Wildman–Crippen MR) is 73.3 cm³/mol. The van der Waals surface area contributed by atoms with Crippen LogP contribution in [0, 0.1) is 5.92 Å². The van der Waals surface area contributed by atoms with Crippen molar-refractivity contribution in [2.75, 3.05) is 6.61 Å². The monoisotopic (exact) mass is 255 g/mol. The lowest BCUT2D eigenvalue weighted by Crippen LogP contribution is -2.35. The van der Waals surface area contributed by atoms with Gasteiger partial charge in [0, 0.05) is 17.1 Å². The quantitative estimate of drug-likeness (QED) is 0.817. The van der Waals surface area contributed by atoms with Crippen LogP contribution in [0.25, 0.3) is 0 Å². The van der Waals surface area contributed by atoms with E-state index in [1.165, 1.54) is 0 Å². The van der Waals surface area contributed by atoms with Gasteiger partial charge in [-0.2, -0.15) is 0 Å². The third kappa shape index (κ3) is 5.07. The summed E-state index contributed by atoms with van der Waals surface area (Å²) in [5, 5.41) is 13.5. The van der Waals surface area contributed by atoms with Crippen LogP contribution in [0.1, 0.15) is 38.8 Å². The van der Waals surface area contributed by atoms with E-state index in [9.17, 15) is 5.11 Å². The minimum absolute atomic E-state index is 0.143. The van der Waals surface area contributed by atoms with Crippen molar-refractivity contribution in [2.45, 2.75) is 39.3 Å². The highest BCUT2D eigenvalue weighted by Gasteiger charge is 2.14. The van der Waals surface area contributed by atoms with Crippen molar-refractivity contribution >= 4 is 11.6 Å². The highest BCUT2D eigenvalue weighted by atomic mass is 35.5. The first-order chi connectivity index (χ1) is 8.02. The molecule has 2 unspecified atom stereocenters. The van der Waals surface area contributed by atoms with Crippen LogP contribution in [0.3, 0.4) is 0 Å². The Balaban J connectivity index is 2.60. The normalized spacial score (nSPS) is 14.9. The lowest BCUT2D eigenvalue weighted by atomic mass is 10.0. The van der Waals surface area contributed by atoms with E-state index in [0.29, 0.717) is 5.92 Å². The molecular formula is C14H22ClNO. The SMILES string of the molecule is CC(C)CC(CO)NC(C)c1cccc(Cl)c1. The molecule has 1 aromatic rings.